The summed E-state index contributed by atoms with van der Waals surface area (Å²) in [6.07, 6.45) is 0. The fourth-order valence-corrected chi connectivity index (χ4v) is 3.49. The topological polar surface area (TPSA) is 30.8 Å². The van der Waals surface area contributed by atoms with E-state index in [2.05, 4.69) is 4.52 Å². The zero-order chi connectivity index (χ0) is 13.6. The van der Waals surface area contributed by atoms with Gasteiger partial charge in [0.2, 0.25) is 0 Å². The third-order valence-corrected chi connectivity index (χ3v) is 5.56. The Morgan fingerprint density at radius 1 is 0.842 bits per heavy atom. The monoisotopic (exact) mass is 293 g/mol. The maximum atomic E-state index is 5.93. The van der Waals surface area contributed by atoms with E-state index in [4.69, 9.17) is 9.05 Å². The van der Waals surface area contributed by atoms with E-state index in [0.717, 1.165) is 11.5 Å². The molecule has 0 heterocycles. The molecule has 0 fully saturated rings. The van der Waals surface area contributed by atoms with Crippen molar-refractivity contribution in [1.82, 2.24) is 0 Å². The van der Waals surface area contributed by atoms with Crippen LogP contribution in [0, 0.1) is 0 Å². The summed E-state index contributed by atoms with van der Waals surface area (Å²) in [5, 5.41) is 0. The number of rotatable bonds is 5. The van der Waals surface area contributed by atoms with Crippen molar-refractivity contribution in [3.8, 4) is 11.5 Å². The maximum absolute atomic E-state index is 5.93. The molecule has 2 rings (SSSR count). The van der Waals surface area contributed by atoms with Crippen LogP contribution in [0.3, 0.4) is 0 Å². The van der Waals surface area contributed by atoms with Gasteiger partial charge in [-0.3, -0.25) is 0 Å². The van der Waals surface area contributed by atoms with Gasteiger partial charge in [0.05, 0.1) is 0 Å². The van der Waals surface area contributed by atoms with Crippen LogP contribution in [-0.2, 0) is 0 Å². The average molecular weight is 293 g/mol. The first-order valence-electron chi connectivity index (χ1n) is 6.04. The van der Waals surface area contributed by atoms with E-state index in [1.54, 1.807) is 0 Å². The number of para-hydroxylation sites is 2. The first-order valence-corrected chi connectivity index (χ1v) is 9.66. The first-order chi connectivity index (χ1) is 9.16. The molecule has 0 aliphatic heterocycles. The Hall–Kier alpha value is -1.43. The number of nitrogens with zero attached hydrogens (tertiary/aromatic N) is 1. The molecular formula is C14H17NO2P2. The van der Waals surface area contributed by atoms with E-state index in [-0.39, 0.29) is 0 Å². The van der Waals surface area contributed by atoms with E-state index in [1.807, 2.05) is 74.0 Å². The zero-order valence-corrected chi connectivity index (χ0v) is 12.9. The van der Waals surface area contributed by atoms with Crippen molar-refractivity contribution in [2.75, 3.05) is 13.3 Å². The van der Waals surface area contributed by atoms with E-state index >= 15 is 0 Å². The number of hydrogen-bond donors (Lipinski definition) is 0. The van der Waals surface area contributed by atoms with Gasteiger partial charge in [0.1, 0.15) is 0 Å². The van der Waals surface area contributed by atoms with E-state index in [1.165, 1.54) is 0 Å². The quantitative estimate of drug-likeness (QED) is 0.724. The average Bonchev–Trinajstić information content (AvgIpc) is 2.40. The van der Waals surface area contributed by atoms with Crippen molar-refractivity contribution in [2.24, 2.45) is 4.52 Å². The SMILES string of the molecule is C[PH](C)(N=POc1ccccc1)Oc1ccccc1. The molecular weight excluding hydrogens is 276 g/mol. The van der Waals surface area contributed by atoms with Gasteiger partial charge < -0.3 is 0 Å². The fourth-order valence-electron chi connectivity index (χ4n) is 1.44. The van der Waals surface area contributed by atoms with E-state index < -0.39 is 7.64 Å². The third kappa shape index (κ3) is 4.98. The summed E-state index contributed by atoms with van der Waals surface area (Å²) in [6, 6.07) is 19.4. The van der Waals surface area contributed by atoms with Gasteiger partial charge in [-0.15, -0.1) is 0 Å². The van der Waals surface area contributed by atoms with E-state index in [0.29, 0.717) is 8.60 Å². The van der Waals surface area contributed by atoms with Crippen LogP contribution in [-0.4, -0.2) is 13.3 Å². The molecule has 3 nitrogen and oxygen atoms in total. The molecule has 19 heavy (non-hydrogen) atoms. The molecule has 0 radical (unpaired) electrons. The molecule has 100 valence electrons. The van der Waals surface area contributed by atoms with Gasteiger partial charge >= 0.3 is 115 Å². The van der Waals surface area contributed by atoms with E-state index in [9.17, 15) is 0 Å². The molecule has 0 N–H and O–H groups in total. The van der Waals surface area contributed by atoms with Crippen LogP contribution in [0.1, 0.15) is 0 Å². The van der Waals surface area contributed by atoms with Crippen molar-refractivity contribution in [3.05, 3.63) is 60.7 Å². The van der Waals surface area contributed by atoms with Crippen LogP contribution in [0.4, 0.5) is 0 Å². The van der Waals surface area contributed by atoms with Crippen LogP contribution in [0.2, 0.25) is 0 Å². The van der Waals surface area contributed by atoms with Crippen molar-refractivity contribution >= 4 is 16.2 Å². The summed E-state index contributed by atoms with van der Waals surface area (Å²) in [5.74, 6) is 1.68. The van der Waals surface area contributed by atoms with Crippen molar-refractivity contribution in [1.29, 1.82) is 0 Å². The second-order valence-electron chi connectivity index (χ2n) is 4.45. The Bertz CT molecular complexity index is 530. The Balaban J connectivity index is 1.93. The Morgan fingerprint density at radius 3 is 1.95 bits per heavy atom. The minimum absolute atomic E-state index is 0.584. The van der Waals surface area contributed by atoms with Crippen LogP contribution >= 0.6 is 16.2 Å². The standard InChI is InChI=1S/C14H17NO2P2/c1-19(2,17-14-11-7-4-8-12-14)15-18-16-13-9-5-3-6-10-13/h3-12,19H,1-2H3. The van der Waals surface area contributed by atoms with Gasteiger partial charge in [-0.1, -0.05) is 0 Å². The molecule has 0 bridgehead atoms. The molecule has 0 amide bonds. The summed E-state index contributed by atoms with van der Waals surface area (Å²) >= 11 is 0. The molecule has 0 aliphatic carbocycles. The predicted molar refractivity (Wildman–Crippen MR) is 83.7 cm³/mol. The summed E-state index contributed by atoms with van der Waals surface area (Å²) in [5.41, 5.74) is 0. The van der Waals surface area contributed by atoms with Crippen LogP contribution in [0.25, 0.3) is 0 Å². The zero-order valence-electron chi connectivity index (χ0n) is 11.0. The fraction of sp³-hybridized carbons (Fsp3) is 0.143. The van der Waals surface area contributed by atoms with Gasteiger partial charge in [-0.25, -0.2) is 0 Å². The molecule has 0 atom stereocenters. The Morgan fingerprint density at radius 2 is 1.37 bits per heavy atom. The number of hydrogen-bond acceptors (Lipinski definition) is 3. The molecule has 5 heteroatoms. The molecule has 0 unspecified atom stereocenters. The summed E-state index contributed by atoms with van der Waals surface area (Å²) in [6.45, 7) is 4.09. The second-order valence-corrected chi connectivity index (χ2v) is 8.69. The van der Waals surface area contributed by atoms with Crippen molar-refractivity contribution < 1.29 is 9.05 Å². The predicted octanol–water partition coefficient (Wildman–Crippen LogP) is 5.03. The Kier molecular flexibility index (Phi) is 4.90. The van der Waals surface area contributed by atoms with Gasteiger partial charge in [-0.2, -0.15) is 0 Å². The molecule has 0 aliphatic rings. The van der Waals surface area contributed by atoms with Crippen molar-refractivity contribution in [3.63, 3.8) is 0 Å². The molecule has 0 saturated carbocycles. The molecule has 0 saturated heterocycles. The molecule has 0 spiro atoms. The second kappa shape index (κ2) is 6.65. The van der Waals surface area contributed by atoms with Gasteiger partial charge in [0.25, 0.3) is 0 Å². The summed E-state index contributed by atoms with van der Waals surface area (Å²) in [7, 11) is -1.53. The van der Waals surface area contributed by atoms with Gasteiger partial charge in [-0.05, 0) is 0 Å². The number of benzene rings is 2. The van der Waals surface area contributed by atoms with Gasteiger partial charge in [0.15, 0.2) is 0 Å². The molecule has 0 aromatic heterocycles. The summed E-state index contributed by atoms with van der Waals surface area (Å²) in [4.78, 5) is 0. The van der Waals surface area contributed by atoms with Crippen LogP contribution < -0.4 is 9.05 Å². The normalized spacial score (nSPS) is 12.3. The molecule has 2 aromatic rings. The molecule has 2 aromatic carbocycles. The van der Waals surface area contributed by atoms with Crippen LogP contribution in [0.5, 0.6) is 11.5 Å². The van der Waals surface area contributed by atoms with Crippen molar-refractivity contribution in [2.45, 2.75) is 0 Å². The van der Waals surface area contributed by atoms with Gasteiger partial charge in [0, 0.05) is 0 Å². The minimum atomic E-state index is -2.11. The Labute approximate surface area is 116 Å². The summed E-state index contributed by atoms with van der Waals surface area (Å²) < 4.78 is 16.0. The van der Waals surface area contributed by atoms with Crippen LogP contribution in [0.15, 0.2) is 65.2 Å². The third-order valence-electron chi connectivity index (χ3n) is 2.28. The first kappa shape index (κ1) is 14.0.